The molecule has 6 nitrogen and oxygen atoms in total. The number of nitrogen functional groups attached to an aromatic ring is 1. The molecule has 1 aromatic rings. The van der Waals surface area contributed by atoms with Gasteiger partial charge in [-0.3, -0.25) is 9.59 Å². The lowest BCUT2D eigenvalue weighted by molar-refractivity contribution is -0.127. The summed E-state index contributed by atoms with van der Waals surface area (Å²) in [7, 11) is 0. The Labute approximate surface area is 118 Å². The number of carbonyl (C=O) groups is 2. The lowest BCUT2D eigenvalue weighted by Crippen LogP contribution is -2.41. The van der Waals surface area contributed by atoms with E-state index in [0.29, 0.717) is 0 Å². The highest BCUT2D eigenvalue weighted by Crippen LogP contribution is 2.27. The second-order valence-corrected chi connectivity index (χ2v) is 4.67. The van der Waals surface area contributed by atoms with Gasteiger partial charge in [0.25, 0.3) is 11.8 Å². The van der Waals surface area contributed by atoms with Gasteiger partial charge in [0.2, 0.25) is 0 Å². The van der Waals surface area contributed by atoms with E-state index < -0.39 is 12.0 Å². The molecule has 0 aliphatic rings. The minimum Gasteiger partial charge on any atom is -0.478 e. The largest absolute Gasteiger partial charge is 0.478 e. The summed E-state index contributed by atoms with van der Waals surface area (Å²) < 4.78 is 5.51. The number of hydrogen-bond acceptors (Lipinski definition) is 4. The number of anilines is 1. The van der Waals surface area contributed by atoms with Crippen LogP contribution in [0, 0.1) is 0 Å². The van der Waals surface area contributed by atoms with Crippen molar-refractivity contribution in [3.8, 4) is 5.75 Å². The Morgan fingerprint density at radius 2 is 2.00 bits per heavy atom. The number of rotatable bonds is 6. The van der Waals surface area contributed by atoms with Crippen LogP contribution < -0.4 is 21.5 Å². The van der Waals surface area contributed by atoms with Gasteiger partial charge in [-0.25, -0.2) is 0 Å². The average molecular weight is 279 g/mol. The van der Waals surface area contributed by atoms with Gasteiger partial charge in [-0.15, -0.1) is 0 Å². The fourth-order valence-corrected chi connectivity index (χ4v) is 1.57. The Bertz CT molecular complexity index is 502. The number of benzene rings is 1. The van der Waals surface area contributed by atoms with Crippen LogP contribution in [0.4, 0.5) is 5.69 Å². The fraction of sp³-hybridized carbons (Fsp3) is 0.429. The standard InChI is InChI=1S/C14H21N3O3/c1-4-8(2)17-14(19)9(3)20-12-10(13(16)18)6-5-7-11(12)15/h5-9H,4,15H2,1-3H3,(H2,16,18)(H,17,19). The molecule has 2 unspecified atom stereocenters. The number of amides is 2. The van der Waals surface area contributed by atoms with Crippen molar-refractivity contribution in [2.24, 2.45) is 5.73 Å². The third-order valence-corrected chi connectivity index (χ3v) is 2.98. The van der Waals surface area contributed by atoms with Crippen molar-refractivity contribution >= 4 is 17.5 Å². The smallest absolute Gasteiger partial charge is 0.260 e. The quantitative estimate of drug-likeness (QED) is 0.676. The van der Waals surface area contributed by atoms with Crippen LogP contribution in [0.1, 0.15) is 37.6 Å². The molecule has 0 aliphatic heterocycles. The van der Waals surface area contributed by atoms with Gasteiger partial charge in [0.15, 0.2) is 11.9 Å². The molecule has 0 heterocycles. The van der Waals surface area contributed by atoms with E-state index in [2.05, 4.69) is 5.32 Å². The van der Waals surface area contributed by atoms with Crippen molar-refractivity contribution in [1.29, 1.82) is 0 Å². The Hall–Kier alpha value is -2.24. The molecule has 20 heavy (non-hydrogen) atoms. The molecule has 0 aliphatic carbocycles. The molecule has 2 amide bonds. The van der Waals surface area contributed by atoms with Crippen LogP contribution in [0.5, 0.6) is 5.75 Å². The fourth-order valence-electron chi connectivity index (χ4n) is 1.57. The second kappa shape index (κ2) is 6.79. The molecule has 6 heteroatoms. The molecular weight excluding hydrogens is 258 g/mol. The van der Waals surface area contributed by atoms with Crippen LogP contribution >= 0.6 is 0 Å². The minimum atomic E-state index is -0.771. The van der Waals surface area contributed by atoms with E-state index >= 15 is 0 Å². The van der Waals surface area contributed by atoms with Crippen LogP contribution in [-0.4, -0.2) is 24.0 Å². The van der Waals surface area contributed by atoms with Gasteiger partial charge in [0.05, 0.1) is 11.3 Å². The van der Waals surface area contributed by atoms with Crippen LogP contribution in [0.3, 0.4) is 0 Å². The lowest BCUT2D eigenvalue weighted by Gasteiger charge is -2.19. The summed E-state index contributed by atoms with van der Waals surface area (Å²) in [4.78, 5) is 23.3. The maximum atomic E-state index is 11.9. The number of nitrogens with one attached hydrogen (secondary N) is 1. The minimum absolute atomic E-state index is 0.0530. The van der Waals surface area contributed by atoms with Gasteiger partial charge in [-0.05, 0) is 32.4 Å². The van der Waals surface area contributed by atoms with E-state index in [4.69, 9.17) is 16.2 Å². The SMILES string of the molecule is CCC(C)NC(=O)C(C)Oc1c(N)cccc1C(N)=O. The van der Waals surface area contributed by atoms with Gasteiger partial charge in [-0.1, -0.05) is 13.0 Å². The third kappa shape index (κ3) is 3.88. The zero-order valence-corrected chi connectivity index (χ0v) is 12.0. The van der Waals surface area contributed by atoms with Gasteiger partial charge in [0.1, 0.15) is 0 Å². The number of carbonyl (C=O) groups excluding carboxylic acids is 2. The monoisotopic (exact) mass is 279 g/mol. The van der Waals surface area contributed by atoms with E-state index in [0.717, 1.165) is 6.42 Å². The Morgan fingerprint density at radius 3 is 2.55 bits per heavy atom. The summed E-state index contributed by atoms with van der Waals surface area (Å²) in [5.74, 6) is -0.772. The zero-order valence-electron chi connectivity index (χ0n) is 12.0. The van der Waals surface area contributed by atoms with E-state index in [-0.39, 0.29) is 28.9 Å². The predicted octanol–water partition coefficient (Wildman–Crippen LogP) is 1.05. The van der Waals surface area contributed by atoms with E-state index in [1.807, 2.05) is 13.8 Å². The summed E-state index contributed by atoms with van der Waals surface area (Å²) in [6, 6.07) is 4.75. The molecule has 110 valence electrons. The third-order valence-electron chi connectivity index (χ3n) is 2.98. The maximum absolute atomic E-state index is 11.9. The van der Waals surface area contributed by atoms with Crippen molar-refractivity contribution < 1.29 is 14.3 Å². The predicted molar refractivity (Wildman–Crippen MR) is 77.4 cm³/mol. The number of hydrogen-bond donors (Lipinski definition) is 3. The molecule has 2 atom stereocenters. The number of primary amides is 1. The summed E-state index contributed by atoms with van der Waals surface area (Å²) >= 11 is 0. The molecule has 0 aromatic heterocycles. The molecule has 0 radical (unpaired) electrons. The molecule has 0 saturated carbocycles. The molecule has 0 bridgehead atoms. The number of nitrogens with two attached hydrogens (primary N) is 2. The second-order valence-electron chi connectivity index (χ2n) is 4.67. The Kier molecular flexibility index (Phi) is 5.37. The summed E-state index contributed by atoms with van der Waals surface area (Å²) in [5, 5.41) is 2.80. The van der Waals surface area contributed by atoms with E-state index in [9.17, 15) is 9.59 Å². The van der Waals surface area contributed by atoms with Crippen molar-refractivity contribution in [3.05, 3.63) is 23.8 Å². The Balaban J connectivity index is 2.88. The van der Waals surface area contributed by atoms with Gasteiger partial charge in [-0.2, -0.15) is 0 Å². The zero-order chi connectivity index (χ0) is 15.3. The Morgan fingerprint density at radius 1 is 1.35 bits per heavy atom. The first-order valence-electron chi connectivity index (χ1n) is 6.52. The van der Waals surface area contributed by atoms with Gasteiger partial charge in [0, 0.05) is 6.04 Å². The first-order chi connectivity index (χ1) is 9.36. The molecular formula is C14H21N3O3. The topological polar surface area (TPSA) is 107 Å². The van der Waals surface area contributed by atoms with Crippen LogP contribution in [0.15, 0.2) is 18.2 Å². The molecule has 0 spiro atoms. The average Bonchev–Trinajstić information content (AvgIpc) is 2.40. The number of para-hydroxylation sites is 1. The lowest BCUT2D eigenvalue weighted by atomic mass is 10.1. The summed E-state index contributed by atoms with van der Waals surface area (Å²) in [6.07, 6.45) is 0.0464. The highest BCUT2D eigenvalue weighted by molar-refractivity contribution is 5.97. The first kappa shape index (κ1) is 15.8. The summed E-state index contributed by atoms with van der Waals surface area (Å²) in [5.41, 5.74) is 11.5. The van der Waals surface area contributed by atoms with E-state index in [1.54, 1.807) is 19.1 Å². The van der Waals surface area contributed by atoms with Crippen LogP contribution in [-0.2, 0) is 4.79 Å². The van der Waals surface area contributed by atoms with Crippen LogP contribution in [0.2, 0.25) is 0 Å². The molecule has 5 N–H and O–H groups in total. The molecule has 1 aromatic carbocycles. The molecule has 0 fully saturated rings. The maximum Gasteiger partial charge on any atom is 0.260 e. The van der Waals surface area contributed by atoms with Crippen molar-refractivity contribution in [2.45, 2.75) is 39.3 Å². The van der Waals surface area contributed by atoms with Crippen molar-refractivity contribution in [2.75, 3.05) is 5.73 Å². The number of ether oxygens (including phenoxy) is 1. The normalized spacial score (nSPS) is 13.3. The first-order valence-corrected chi connectivity index (χ1v) is 6.52. The van der Waals surface area contributed by atoms with Crippen molar-refractivity contribution in [1.82, 2.24) is 5.32 Å². The van der Waals surface area contributed by atoms with Gasteiger partial charge >= 0.3 is 0 Å². The molecule has 0 saturated heterocycles. The van der Waals surface area contributed by atoms with Crippen molar-refractivity contribution in [3.63, 3.8) is 0 Å². The highest BCUT2D eigenvalue weighted by atomic mass is 16.5. The summed E-state index contributed by atoms with van der Waals surface area (Å²) in [6.45, 7) is 5.46. The van der Waals surface area contributed by atoms with E-state index in [1.165, 1.54) is 6.07 Å². The van der Waals surface area contributed by atoms with Gasteiger partial charge < -0.3 is 21.5 Å². The van der Waals surface area contributed by atoms with Crippen LogP contribution in [0.25, 0.3) is 0 Å². The molecule has 1 rings (SSSR count). The highest BCUT2D eigenvalue weighted by Gasteiger charge is 2.20.